The van der Waals surface area contributed by atoms with Crippen molar-refractivity contribution in [2.24, 2.45) is 0 Å². The van der Waals surface area contributed by atoms with Crippen molar-refractivity contribution in [3.05, 3.63) is 58.4 Å². The van der Waals surface area contributed by atoms with Crippen LogP contribution >= 0.6 is 11.6 Å². The fourth-order valence-corrected chi connectivity index (χ4v) is 3.88. The number of ether oxygens (including phenoxy) is 2. The van der Waals surface area contributed by atoms with Crippen LogP contribution in [0.25, 0.3) is 0 Å². The summed E-state index contributed by atoms with van der Waals surface area (Å²) in [5.74, 6) is 0.955. The summed E-state index contributed by atoms with van der Waals surface area (Å²) in [6.45, 7) is 6.58. The van der Waals surface area contributed by atoms with Crippen LogP contribution in [0.5, 0.6) is 11.5 Å². The monoisotopic (exact) mass is 406 g/mol. The number of likely N-dealkylation sites (tertiary alicyclic amines) is 1. The van der Waals surface area contributed by atoms with E-state index in [1.54, 1.807) is 13.2 Å². The molecule has 1 aliphatic heterocycles. The molecule has 1 fully saturated rings. The number of hydrogen-bond acceptors (Lipinski definition) is 4. The highest BCUT2D eigenvalue weighted by Gasteiger charge is 2.22. The molecule has 0 aliphatic carbocycles. The van der Waals surface area contributed by atoms with Crippen LogP contribution in [-0.2, 0) is 13.2 Å². The zero-order chi connectivity index (χ0) is 19.9. The number of benzene rings is 2. The summed E-state index contributed by atoms with van der Waals surface area (Å²) in [4.78, 5) is 2.53. The van der Waals surface area contributed by atoms with Gasteiger partial charge in [-0.05, 0) is 55.8 Å². The van der Waals surface area contributed by atoms with Gasteiger partial charge in [-0.3, -0.25) is 4.90 Å². The molecule has 1 atom stereocenters. The van der Waals surface area contributed by atoms with Crippen LogP contribution in [0.2, 0.25) is 5.02 Å². The minimum atomic E-state index is -0.358. The van der Waals surface area contributed by atoms with Crippen molar-refractivity contribution < 1.29 is 13.9 Å². The molecular formula is C22H28ClFN2O2. The van der Waals surface area contributed by atoms with Gasteiger partial charge in [0.2, 0.25) is 0 Å². The number of nitrogens with zero attached hydrogens (tertiary/aromatic N) is 1. The number of methoxy groups -OCH3 is 1. The minimum Gasteiger partial charge on any atom is -0.493 e. The molecule has 0 bridgehead atoms. The third-order valence-corrected chi connectivity index (χ3v) is 5.59. The van der Waals surface area contributed by atoms with E-state index in [0.717, 1.165) is 30.8 Å². The molecule has 1 heterocycles. The Bertz CT molecular complexity index is 787. The van der Waals surface area contributed by atoms with Gasteiger partial charge in [-0.1, -0.05) is 30.7 Å². The largest absolute Gasteiger partial charge is 0.493 e. The van der Waals surface area contributed by atoms with E-state index in [0.29, 0.717) is 22.6 Å². The van der Waals surface area contributed by atoms with Crippen molar-refractivity contribution in [1.29, 1.82) is 0 Å². The number of likely N-dealkylation sites (N-methyl/N-ethyl adjacent to an activating group) is 1. The lowest BCUT2D eigenvalue weighted by Gasteiger charge is -2.23. The van der Waals surface area contributed by atoms with Crippen LogP contribution in [0.1, 0.15) is 30.9 Å². The maximum Gasteiger partial charge on any atom is 0.161 e. The summed E-state index contributed by atoms with van der Waals surface area (Å²) in [5.41, 5.74) is 1.87. The second kappa shape index (κ2) is 10.1. The molecule has 0 unspecified atom stereocenters. The molecule has 1 saturated heterocycles. The summed E-state index contributed by atoms with van der Waals surface area (Å²) >= 11 is 6.06. The number of hydrogen-bond donors (Lipinski definition) is 1. The Morgan fingerprint density at radius 3 is 2.82 bits per heavy atom. The SMILES string of the molecule is CCN1CCC[C@H]1CNCc1ccc(OCc2ccc(F)cc2Cl)c(OC)c1. The molecule has 6 heteroatoms. The van der Waals surface area contributed by atoms with Crippen molar-refractivity contribution in [1.82, 2.24) is 10.2 Å². The zero-order valence-electron chi connectivity index (χ0n) is 16.5. The highest BCUT2D eigenvalue weighted by atomic mass is 35.5. The second-order valence-electron chi connectivity index (χ2n) is 7.07. The average molecular weight is 407 g/mol. The molecule has 1 aliphatic rings. The van der Waals surface area contributed by atoms with Crippen LogP contribution in [-0.4, -0.2) is 37.7 Å². The van der Waals surface area contributed by atoms with Crippen molar-refractivity contribution in [3.8, 4) is 11.5 Å². The van der Waals surface area contributed by atoms with Gasteiger partial charge >= 0.3 is 0 Å². The molecule has 1 N–H and O–H groups in total. The van der Waals surface area contributed by atoms with Gasteiger partial charge in [0.15, 0.2) is 11.5 Å². The van der Waals surface area contributed by atoms with Gasteiger partial charge in [0.05, 0.1) is 12.1 Å². The van der Waals surface area contributed by atoms with Crippen molar-refractivity contribution in [2.45, 2.75) is 39.0 Å². The Kier molecular flexibility index (Phi) is 7.54. The molecule has 3 rings (SSSR count). The minimum absolute atomic E-state index is 0.252. The molecular weight excluding hydrogens is 379 g/mol. The molecule has 2 aromatic carbocycles. The first-order valence-electron chi connectivity index (χ1n) is 9.79. The molecule has 0 saturated carbocycles. The van der Waals surface area contributed by atoms with Crippen LogP contribution in [0, 0.1) is 5.82 Å². The van der Waals surface area contributed by atoms with Crippen molar-refractivity contribution in [2.75, 3.05) is 26.7 Å². The molecule has 2 aromatic rings. The predicted molar refractivity (Wildman–Crippen MR) is 111 cm³/mol. The Morgan fingerprint density at radius 2 is 2.07 bits per heavy atom. The maximum atomic E-state index is 13.2. The Hall–Kier alpha value is -1.82. The molecule has 4 nitrogen and oxygen atoms in total. The topological polar surface area (TPSA) is 33.7 Å². The van der Waals surface area contributed by atoms with E-state index in [1.807, 2.05) is 18.2 Å². The van der Waals surface area contributed by atoms with Crippen LogP contribution < -0.4 is 14.8 Å². The molecule has 0 spiro atoms. The fourth-order valence-electron chi connectivity index (χ4n) is 3.66. The second-order valence-corrected chi connectivity index (χ2v) is 7.47. The number of rotatable bonds is 9. The van der Waals surface area contributed by atoms with E-state index < -0.39 is 0 Å². The third kappa shape index (κ3) is 5.37. The van der Waals surface area contributed by atoms with E-state index in [9.17, 15) is 4.39 Å². The highest BCUT2D eigenvalue weighted by molar-refractivity contribution is 6.31. The highest BCUT2D eigenvalue weighted by Crippen LogP contribution is 2.30. The fraction of sp³-hybridized carbons (Fsp3) is 0.455. The van der Waals surface area contributed by atoms with Crippen molar-refractivity contribution >= 4 is 11.6 Å². The Labute approximate surface area is 171 Å². The van der Waals surface area contributed by atoms with Gasteiger partial charge in [0.1, 0.15) is 12.4 Å². The zero-order valence-corrected chi connectivity index (χ0v) is 17.3. The molecule has 0 amide bonds. The molecule has 0 radical (unpaired) electrons. The summed E-state index contributed by atoms with van der Waals surface area (Å²) in [5, 5.41) is 3.91. The molecule has 28 heavy (non-hydrogen) atoms. The van der Waals surface area contributed by atoms with E-state index in [1.165, 1.54) is 31.5 Å². The first-order chi connectivity index (χ1) is 13.6. The summed E-state index contributed by atoms with van der Waals surface area (Å²) in [6, 6.07) is 10.8. The summed E-state index contributed by atoms with van der Waals surface area (Å²) < 4.78 is 24.5. The van der Waals surface area contributed by atoms with Gasteiger partial charge in [0, 0.05) is 24.7 Å². The summed E-state index contributed by atoms with van der Waals surface area (Å²) in [6.07, 6.45) is 2.56. The Morgan fingerprint density at radius 1 is 1.21 bits per heavy atom. The first kappa shape index (κ1) is 20.9. The van der Waals surface area contributed by atoms with E-state index in [4.69, 9.17) is 21.1 Å². The first-order valence-corrected chi connectivity index (χ1v) is 10.2. The average Bonchev–Trinajstić information content (AvgIpc) is 3.15. The van der Waals surface area contributed by atoms with Crippen molar-refractivity contribution in [3.63, 3.8) is 0 Å². The van der Waals surface area contributed by atoms with Gasteiger partial charge in [-0.25, -0.2) is 4.39 Å². The van der Waals surface area contributed by atoms with Crippen LogP contribution in [0.3, 0.4) is 0 Å². The smallest absolute Gasteiger partial charge is 0.161 e. The van der Waals surface area contributed by atoms with Gasteiger partial charge < -0.3 is 14.8 Å². The Balaban J connectivity index is 1.55. The van der Waals surface area contributed by atoms with E-state index >= 15 is 0 Å². The number of nitrogens with one attached hydrogen (secondary N) is 1. The lowest BCUT2D eigenvalue weighted by Crippen LogP contribution is -2.37. The van der Waals surface area contributed by atoms with Gasteiger partial charge in [0.25, 0.3) is 0 Å². The number of halogens is 2. The molecule has 152 valence electrons. The van der Waals surface area contributed by atoms with Gasteiger partial charge in [-0.2, -0.15) is 0 Å². The van der Waals surface area contributed by atoms with E-state index in [-0.39, 0.29) is 12.4 Å². The third-order valence-electron chi connectivity index (χ3n) is 5.24. The lowest BCUT2D eigenvalue weighted by molar-refractivity contribution is 0.260. The standard InChI is InChI=1S/C22H28ClFN2O2/c1-3-26-10-4-5-19(26)14-25-13-16-6-9-21(22(11-16)27-2)28-15-17-7-8-18(24)12-20(17)23/h6-9,11-12,19,25H,3-5,10,13-15H2,1-2H3/t19-/m0/s1. The normalized spacial score (nSPS) is 17.1. The molecule has 0 aromatic heterocycles. The lowest BCUT2D eigenvalue weighted by atomic mass is 10.1. The summed E-state index contributed by atoms with van der Waals surface area (Å²) in [7, 11) is 1.63. The van der Waals surface area contributed by atoms with Gasteiger partial charge in [-0.15, -0.1) is 0 Å². The predicted octanol–water partition coefficient (Wildman–Crippen LogP) is 4.64. The maximum absolute atomic E-state index is 13.2. The van der Waals surface area contributed by atoms with E-state index in [2.05, 4.69) is 17.1 Å². The van der Waals surface area contributed by atoms with Crippen LogP contribution in [0.4, 0.5) is 4.39 Å². The van der Waals surface area contributed by atoms with Crippen LogP contribution in [0.15, 0.2) is 36.4 Å². The quantitative estimate of drug-likeness (QED) is 0.657.